The molecule has 0 radical (unpaired) electrons. The predicted octanol–water partition coefficient (Wildman–Crippen LogP) is 0.903. The van der Waals surface area contributed by atoms with Gasteiger partial charge in [-0.15, -0.1) is 0 Å². The van der Waals surface area contributed by atoms with E-state index in [2.05, 4.69) is 6.92 Å². The van der Waals surface area contributed by atoms with Crippen molar-refractivity contribution in [1.29, 1.82) is 0 Å². The lowest BCUT2D eigenvalue weighted by Crippen LogP contribution is -2.54. The van der Waals surface area contributed by atoms with Crippen molar-refractivity contribution in [1.82, 2.24) is 0 Å². The van der Waals surface area contributed by atoms with E-state index in [4.69, 9.17) is 10.5 Å². The Morgan fingerprint density at radius 2 is 2.29 bits per heavy atom. The first-order valence-electron chi connectivity index (χ1n) is 5.65. The molecule has 2 fully saturated rings. The Hall–Kier alpha value is -0.120. The summed E-state index contributed by atoms with van der Waals surface area (Å²) in [6.07, 6.45) is 4.21. The maximum absolute atomic E-state index is 10.6. The van der Waals surface area contributed by atoms with E-state index >= 15 is 0 Å². The van der Waals surface area contributed by atoms with Crippen LogP contribution in [0.4, 0.5) is 0 Å². The number of hydrogen-bond acceptors (Lipinski definition) is 3. The Morgan fingerprint density at radius 3 is 2.71 bits per heavy atom. The molecule has 1 aliphatic carbocycles. The van der Waals surface area contributed by atoms with Crippen LogP contribution in [0.3, 0.4) is 0 Å². The molecule has 0 spiro atoms. The standard InChI is InChI=1S/C11H21NO2/c1-9-3-2-4-10(9,7-12)11(13)5-6-14-8-11/h9,13H,2-8,12H2,1H3. The van der Waals surface area contributed by atoms with Crippen LogP contribution in [-0.2, 0) is 4.74 Å². The van der Waals surface area contributed by atoms with Crippen molar-refractivity contribution in [2.75, 3.05) is 19.8 Å². The Kier molecular flexibility index (Phi) is 2.58. The van der Waals surface area contributed by atoms with Gasteiger partial charge in [0.05, 0.1) is 12.2 Å². The fraction of sp³-hybridized carbons (Fsp3) is 1.00. The highest BCUT2D eigenvalue weighted by atomic mass is 16.5. The molecule has 14 heavy (non-hydrogen) atoms. The summed E-state index contributed by atoms with van der Waals surface area (Å²) >= 11 is 0. The van der Waals surface area contributed by atoms with Crippen LogP contribution in [0.1, 0.15) is 32.6 Å². The molecule has 82 valence electrons. The van der Waals surface area contributed by atoms with Gasteiger partial charge in [0.15, 0.2) is 0 Å². The van der Waals surface area contributed by atoms with Gasteiger partial charge in [0.25, 0.3) is 0 Å². The zero-order valence-electron chi connectivity index (χ0n) is 8.96. The van der Waals surface area contributed by atoms with Crippen molar-refractivity contribution in [3.8, 4) is 0 Å². The fourth-order valence-corrected chi connectivity index (χ4v) is 3.38. The smallest absolute Gasteiger partial charge is 0.0972 e. The Labute approximate surface area is 85.6 Å². The van der Waals surface area contributed by atoms with E-state index in [1.165, 1.54) is 12.8 Å². The van der Waals surface area contributed by atoms with Gasteiger partial charge in [0.1, 0.15) is 0 Å². The maximum Gasteiger partial charge on any atom is 0.0972 e. The topological polar surface area (TPSA) is 55.5 Å². The predicted molar refractivity (Wildman–Crippen MR) is 54.9 cm³/mol. The Bertz CT molecular complexity index is 213. The summed E-state index contributed by atoms with van der Waals surface area (Å²) < 4.78 is 5.34. The monoisotopic (exact) mass is 199 g/mol. The average Bonchev–Trinajstić information content (AvgIpc) is 2.74. The van der Waals surface area contributed by atoms with Gasteiger partial charge in [0.2, 0.25) is 0 Å². The molecule has 0 aromatic carbocycles. The molecule has 0 aromatic rings. The van der Waals surface area contributed by atoms with Crippen LogP contribution in [0.15, 0.2) is 0 Å². The third-order valence-corrected chi connectivity index (χ3v) is 4.50. The minimum atomic E-state index is -0.655. The van der Waals surface area contributed by atoms with Crippen LogP contribution in [-0.4, -0.2) is 30.5 Å². The van der Waals surface area contributed by atoms with Crippen LogP contribution in [0.2, 0.25) is 0 Å². The van der Waals surface area contributed by atoms with Crippen LogP contribution in [0.25, 0.3) is 0 Å². The summed E-state index contributed by atoms with van der Waals surface area (Å²) in [5.41, 5.74) is 5.17. The molecule has 1 saturated heterocycles. The minimum absolute atomic E-state index is 0.0799. The highest BCUT2D eigenvalue weighted by molar-refractivity contribution is 5.06. The summed E-state index contributed by atoms with van der Waals surface area (Å²) in [5, 5.41) is 10.6. The largest absolute Gasteiger partial charge is 0.387 e. The summed E-state index contributed by atoms with van der Waals surface area (Å²) in [5.74, 6) is 0.527. The molecule has 1 heterocycles. The highest BCUT2D eigenvalue weighted by Gasteiger charge is 2.56. The van der Waals surface area contributed by atoms with E-state index in [1.54, 1.807) is 0 Å². The second-order valence-corrected chi connectivity index (χ2v) is 4.99. The third kappa shape index (κ3) is 1.23. The van der Waals surface area contributed by atoms with Gasteiger partial charge in [-0.05, 0) is 12.3 Å². The van der Waals surface area contributed by atoms with Gasteiger partial charge in [-0.1, -0.05) is 19.8 Å². The van der Waals surface area contributed by atoms with Crippen LogP contribution < -0.4 is 5.73 Å². The first kappa shape index (κ1) is 10.4. The summed E-state index contributed by atoms with van der Waals surface area (Å²) in [7, 11) is 0. The van der Waals surface area contributed by atoms with E-state index in [9.17, 15) is 5.11 Å². The zero-order chi connectivity index (χ0) is 10.2. The van der Waals surface area contributed by atoms with E-state index < -0.39 is 5.60 Å². The molecule has 3 heteroatoms. The Morgan fingerprint density at radius 1 is 1.50 bits per heavy atom. The van der Waals surface area contributed by atoms with Crippen molar-refractivity contribution in [2.45, 2.75) is 38.2 Å². The van der Waals surface area contributed by atoms with Crippen molar-refractivity contribution in [2.24, 2.45) is 17.1 Å². The second kappa shape index (κ2) is 3.47. The van der Waals surface area contributed by atoms with Gasteiger partial charge in [0, 0.05) is 25.0 Å². The maximum atomic E-state index is 10.6. The van der Waals surface area contributed by atoms with E-state index in [0.29, 0.717) is 25.7 Å². The van der Waals surface area contributed by atoms with Crippen LogP contribution in [0.5, 0.6) is 0 Å². The van der Waals surface area contributed by atoms with Gasteiger partial charge < -0.3 is 15.6 Å². The van der Waals surface area contributed by atoms with Crippen molar-refractivity contribution >= 4 is 0 Å². The van der Waals surface area contributed by atoms with Crippen LogP contribution >= 0.6 is 0 Å². The number of rotatable bonds is 2. The number of hydrogen-bond donors (Lipinski definition) is 2. The molecule has 2 rings (SSSR count). The quantitative estimate of drug-likeness (QED) is 0.695. The number of nitrogens with two attached hydrogens (primary N) is 1. The van der Waals surface area contributed by atoms with E-state index in [1.807, 2.05) is 0 Å². The second-order valence-electron chi connectivity index (χ2n) is 4.99. The summed E-state index contributed by atoms with van der Waals surface area (Å²) in [4.78, 5) is 0. The minimum Gasteiger partial charge on any atom is -0.387 e. The first-order valence-corrected chi connectivity index (χ1v) is 5.65. The fourth-order valence-electron chi connectivity index (χ4n) is 3.38. The van der Waals surface area contributed by atoms with Gasteiger partial charge in [-0.25, -0.2) is 0 Å². The molecule has 0 bridgehead atoms. The van der Waals surface area contributed by atoms with Crippen LogP contribution in [0, 0.1) is 11.3 Å². The van der Waals surface area contributed by atoms with Crippen molar-refractivity contribution in [3.05, 3.63) is 0 Å². The Balaban J connectivity index is 2.26. The third-order valence-electron chi connectivity index (χ3n) is 4.50. The molecular weight excluding hydrogens is 178 g/mol. The van der Waals surface area contributed by atoms with Gasteiger partial charge in [-0.3, -0.25) is 0 Å². The molecular formula is C11H21NO2. The van der Waals surface area contributed by atoms with Crippen molar-refractivity contribution < 1.29 is 9.84 Å². The summed E-state index contributed by atoms with van der Waals surface area (Å²) in [6.45, 7) is 3.98. The SMILES string of the molecule is CC1CCCC1(CN)C1(O)CCOC1. The molecule has 1 saturated carbocycles. The zero-order valence-corrected chi connectivity index (χ0v) is 8.96. The van der Waals surface area contributed by atoms with E-state index in [0.717, 1.165) is 12.8 Å². The van der Waals surface area contributed by atoms with E-state index in [-0.39, 0.29) is 5.41 Å². The molecule has 2 aliphatic rings. The lowest BCUT2D eigenvalue weighted by molar-refractivity contribution is -0.0988. The number of ether oxygens (including phenoxy) is 1. The highest BCUT2D eigenvalue weighted by Crippen LogP contribution is 2.52. The number of aliphatic hydroxyl groups is 1. The molecule has 3 nitrogen and oxygen atoms in total. The van der Waals surface area contributed by atoms with Gasteiger partial charge >= 0.3 is 0 Å². The molecule has 3 atom stereocenters. The lowest BCUT2D eigenvalue weighted by atomic mass is 9.65. The molecule has 1 aliphatic heterocycles. The molecule has 0 aromatic heterocycles. The molecule has 3 unspecified atom stereocenters. The first-order chi connectivity index (χ1) is 6.65. The molecule has 0 amide bonds. The average molecular weight is 199 g/mol. The summed E-state index contributed by atoms with van der Waals surface area (Å²) in [6, 6.07) is 0. The van der Waals surface area contributed by atoms with Crippen molar-refractivity contribution in [3.63, 3.8) is 0 Å². The molecule has 3 N–H and O–H groups in total. The normalized spacial score (nSPS) is 48.6. The lowest BCUT2D eigenvalue weighted by Gasteiger charge is -2.44. The van der Waals surface area contributed by atoms with Gasteiger partial charge in [-0.2, -0.15) is 0 Å².